The van der Waals surface area contributed by atoms with E-state index in [1.165, 1.54) is 6.92 Å². The largest absolute Gasteiger partial charge is 0.456 e. The molecule has 0 aromatic carbocycles. The van der Waals surface area contributed by atoms with Crippen LogP contribution in [0.25, 0.3) is 0 Å². The minimum Gasteiger partial charge on any atom is -0.456 e. The Morgan fingerprint density at radius 3 is 2.44 bits per heavy atom. The van der Waals surface area contributed by atoms with Gasteiger partial charge in [0.15, 0.2) is 0 Å². The molecule has 0 amide bonds. The van der Waals surface area contributed by atoms with Crippen molar-refractivity contribution in [2.24, 2.45) is 0 Å². The van der Waals surface area contributed by atoms with Gasteiger partial charge in [-0.1, -0.05) is 0 Å². The quantitative estimate of drug-likeness (QED) is 0.530. The molecule has 5 heteroatoms. The highest BCUT2D eigenvalue weighted by Crippen LogP contribution is 2.24. The number of ether oxygens (including phenoxy) is 2. The van der Waals surface area contributed by atoms with Crippen LogP contribution >= 0.6 is 0 Å². The molecule has 0 bridgehead atoms. The van der Waals surface area contributed by atoms with Crippen molar-refractivity contribution in [1.29, 1.82) is 0 Å². The number of Topliss-reactive ketones (excluding diaryl/α,β-unsaturated/α-hetero) is 2. The standard InChI is InChI=1S/C11H14O5/c1-7(12)4-8(13)5-9-6-10(14)16-11(2,3)15-9/h6H,4-5H2,1-3H3. The first-order valence-corrected chi connectivity index (χ1v) is 4.92. The van der Waals surface area contributed by atoms with E-state index in [0.717, 1.165) is 6.08 Å². The summed E-state index contributed by atoms with van der Waals surface area (Å²) in [5, 5.41) is 0. The Bertz CT molecular complexity index is 365. The fourth-order valence-electron chi connectivity index (χ4n) is 1.39. The minimum atomic E-state index is -1.06. The van der Waals surface area contributed by atoms with E-state index in [0.29, 0.717) is 0 Å². The summed E-state index contributed by atoms with van der Waals surface area (Å²) in [5.74, 6) is -1.83. The first-order valence-electron chi connectivity index (χ1n) is 4.92. The molecule has 1 aliphatic heterocycles. The van der Waals surface area contributed by atoms with Crippen LogP contribution in [0.15, 0.2) is 11.8 Å². The predicted molar refractivity (Wildman–Crippen MR) is 54.3 cm³/mol. The molecule has 16 heavy (non-hydrogen) atoms. The molecule has 0 unspecified atom stereocenters. The Kier molecular flexibility index (Phi) is 3.47. The van der Waals surface area contributed by atoms with E-state index in [2.05, 4.69) is 0 Å². The summed E-state index contributed by atoms with van der Waals surface area (Å²) < 4.78 is 10.1. The smallest absolute Gasteiger partial charge is 0.337 e. The zero-order valence-corrected chi connectivity index (χ0v) is 9.53. The number of rotatable bonds is 4. The van der Waals surface area contributed by atoms with Gasteiger partial charge in [-0.05, 0) is 6.92 Å². The lowest BCUT2D eigenvalue weighted by molar-refractivity contribution is -0.205. The SMILES string of the molecule is CC(=O)CC(=O)CC1=CC(=O)OC(C)(C)O1. The van der Waals surface area contributed by atoms with Crippen molar-refractivity contribution in [3.8, 4) is 0 Å². The predicted octanol–water partition coefficient (Wildman–Crippen LogP) is 1.12. The molecular formula is C11H14O5. The number of allylic oxidation sites excluding steroid dienone is 1. The Labute approximate surface area is 93.4 Å². The Balaban J connectivity index is 2.64. The number of carbonyl (C=O) groups is 3. The number of hydrogen-bond acceptors (Lipinski definition) is 5. The second-order valence-electron chi connectivity index (χ2n) is 4.13. The van der Waals surface area contributed by atoms with Crippen LogP contribution < -0.4 is 0 Å². The lowest BCUT2D eigenvalue weighted by atomic mass is 10.1. The number of carbonyl (C=O) groups excluding carboxylic acids is 3. The third-order valence-corrected chi connectivity index (χ3v) is 1.82. The number of cyclic esters (lactones) is 1. The summed E-state index contributed by atoms with van der Waals surface area (Å²) in [6, 6.07) is 0. The van der Waals surface area contributed by atoms with E-state index in [1.807, 2.05) is 0 Å². The van der Waals surface area contributed by atoms with E-state index >= 15 is 0 Å². The molecule has 0 fully saturated rings. The van der Waals surface area contributed by atoms with Crippen molar-refractivity contribution in [1.82, 2.24) is 0 Å². The average molecular weight is 226 g/mol. The Morgan fingerprint density at radius 1 is 1.31 bits per heavy atom. The molecule has 1 aliphatic rings. The molecule has 0 atom stereocenters. The van der Waals surface area contributed by atoms with Crippen molar-refractivity contribution in [2.45, 2.75) is 39.4 Å². The molecule has 0 saturated heterocycles. The lowest BCUT2D eigenvalue weighted by Gasteiger charge is -2.30. The van der Waals surface area contributed by atoms with Gasteiger partial charge in [0.05, 0.1) is 18.9 Å². The van der Waals surface area contributed by atoms with E-state index in [-0.39, 0.29) is 30.2 Å². The van der Waals surface area contributed by atoms with Gasteiger partial charge < -0.3 is 9.47 Å². The fraction of sp³-hybridized carbons (Fsp3) is 0.545. The second kappa shape index (κ2) is 4.47. The van der Waals surface area contributed by atoms with Crippen LogP contribution in [0.4, 0.5) is 0 Å². The van der Waals surface area contributed by atoms with Gasteiger partial charge in [0.25, 0.3) is 0 Å². The third-order valence-electron chi connectivity index (χ3n) is 1.82. The first-order chi connectivity index (χ1) is 7.28. The molecule has 0 N–H and O–H groups in total. The average Bonchev–Trinajstić information content (AvgIpc) is 1.95. The summed E-state index contributed by atoms with van der Waals surface area (Å²) >= 11 is 0. The molecule has 0 aliphatic carbocycles. The maximum atomic E-state index is 11.3. The maximum Gasteiger partial charge on any atom is 0.337 e. The summed E-state index contributed by atoms with van der Waals surface area (Å²) in [6.45, 7) is 4.49. The van der Waals surface area contributed by atoms with Gasteiger partial charge in [-0.25, -0.2) is 4.79 Å². The van der Waals surface area contributed by atoms with Crippen LogP contribution in [0.5, 0.6) is 0 Å². The van der Waals surface area contributed by atoms with Gasteiger partial charge in [-0.15, -0.1) is 0 Å². The number of esters is 1. The summed E-state index contributed by atoms with van der Waals surface area (Å²) in [6.07, 6.45) is 0.928. The molecule has 0 aromatic heterocycles. The summed E-state index contributed by atoms with van der Waals surface area (Å²) in [7, 11) is 0. The van der Waals surface area contributed by atoms with Crippen LogP contribution in [0, 0.1) is 0 Å². The highest BCUT2D eigenvalue weighted by molar-refractivity contribution is 5.99. The molecule has 1 rings (SSSR count). The maximum absolute atomic E-state index is 11.3. The van der Waals surface area contributed by atoms with Gasteiger partial charge in [-0.2, -0.15) is 0 Å². The molecule has 88 valence electrons. The highest BCUT2D eigenvalue weighted by atomic mass is 16.7. The summed E-state index contributed by atoms with van der Waals surface area (Å²) in [4.78, 5) is 33.2. The van der Waals surface area contributed by atoms with Crippen molar-refractivity contribution in [3.05, 3.63) is 11.8 Å². The molecule has 5 nitrogen and oxygen atoms in total. The molecule has 1 heterocycles. The normalized spacial score (nSPS) is 18.2. The summed E-state index contributed by atoms with van der Waals surface area (Å²) in [5.41, 5.74) is 0. The van der Waals surface area contributed by atoms with E-state index in [4.69, 9.17) is 9.47 Å². The van der Waals surface area contributed by atoms with Crippen LogP contribution in [0.3, 0.4) is 0 Å². The van der Waals surface area contributed by atoms with E-state index < -0.39 is 11.8 Å². The number of ketones is 2. The van der Waals surface area contributed by atoms with Crippen LogP contribution in [0.2, 0.25) is 0 Å². The third kappa shape index (κ3) is 3.84. The second-order valence-corrected chi connectivity index (χ2v) is 4.13. The minimum absolute atomic E-state index is 0.0574. The zero-order chi connectivity index (χ0) is 12.3. The van der Waals surface area contributed by atoms with Gasteiger partial charge in [-0.3, -0.25) is 9.59 Å². The monoisotopic (exact) mass is 226 g/mol. The Morgan fingerprint density at radius 2 is 1.94 bits per heavy atom. The van der Waals surface area contributed by atoms with Crippen molar-refractivity contribution >= 4 is 17.5 Å². The van der Waals surface area contributed by atoms with Gasteiger partial charge in [0, 0.05) is 13.8 Å². The van der Waals surface area contributed by atoms with Crippen molar-refractivity contribution < 1.29 is 23.9 Å². The molecular weight excluding hydrogens is 212 g/mol. The van der Waals surface area contributed by atoms with Crippen LogP contribution in [-0.2, 0) is 23.9 Å². The Hall–Kier alpha value is -1.65. The van der Waals surface area contributed by atoms with Gasteiger partial charge in [0.1, 0.15) is 17.3 Å². The highest BCUT2D eigenvalue weighted by Gasteiger charge is 2.30. The fourth-order valence-corrected chi connectivity index (χ4v) is 1.39. The van der Waals surface area contributed by atoms with Crippen molar-refractivity contribution in [3.63, 3.8) is 0 Å². The van der Waals surface area contributed by atoms with E-state index in [1.54, 1.807) is 13.8 Å². The van der Waals surface area contributed by atoms with Crippen LogP contribution in [-0.4, -0.2) is 23.3 Å². The first kappa shape index (κ1) is 12.4. The van der Waals surface area contributed by atoms with Gasteiger partial charge in [0.2, 0.25) is 5.79 Å². The molecule has 0 aromatic rings. The van der Waals surface area contributed by atoms with Gasteiger partial charge >= 0.3 is 5.97 Å². The van der Waals surface area contributed by atoms with E-state index in [9.17, 15) is 14.4 Å². The topological polar surface area (TPSA) is 69.7 Å². The molecule has 0 saturated carbocycles. The number of hydrogen-bond donors (Lipinski definition) is 0. The van der Waals surface area contributed by atoms with Crippen molar-refractivity contribution in [2.75, 3.05) is 0 Å². The molecule has 0 radical (unpaired) electrons. The zero-order valence-electron chi connectivity index (χ0n) is 9.53. The van der Waals surface area contributed by atoms with Crippen LogP contribution in [0.1, 0.15) is 33.6 Å². The molecule has 0 spiro atoms. The lowest BCUT2D eigenvalue weighted by Crippen LogP contribution is -2.34.